The first-order valence-corrected chi connectivity index (χ1v) is 9.40. The molecule has 1 amide bonds. The highest BCUT2D eigenvalue weighted by molar-refractivity contribution is 5.77. The molecular formula is C18H35N3O+2. The molecule has 0 aromatic heterocycles. The first kappa shape index (κ1) is 16.3. The largest absolute Gasteiger partial charge is 0.345 e. The molecule has 22 heavy (non-hydrogen) atoms. The van der Waals surface area contributed by atoms with Crippen LogP contribution in [-0.2, 0) is 4.79 Å². The molecule has 3 fully saturated rings. The summed E-state index contributed by atoms with van der Waals surface area (Å²) in [4.78, 5) is 14.1. The van der Waals surface area contributed by atoms with E-state index in [9.17, 15) is 4.79 Å². The van der Waals surface area contributed by atoms with Crippen LogP contribution in [0.5, 0.6) is 0 Å². The molecule has 3 rings (SSSR count). The molecule has 1 aliphatic heterocycles. The van der Waals surface area contributed by atoms with Crippen LogP contribution in [0.25, 0.3) is 0 Å². The van der Waals surface area contributed by atoms with Crippen molar-refractivity contribution in [3.8, 4) is 0 Å². The van der Waals surface area contributed by atoms with E-state index in [1.54, 1.807) is 4.90 Å². The second-order valence-electron chi connectivity index (χ2n) is 8.67. The lowest BCUT2D eigenvalue weighted by Crippen LogP contribution is -3.13. The molecule has 0 unspecified atom stereocenters. The van der Waals surface area contributed by atoms with Gasteiger partial charge in [-0.2, -0.15) is 0 Å². The third kappa shape index (κ3) is 2.80. The van der Waals surface area contributed by atoms with Gasteiger partial charge in [-0.25, -0.2) is 0 Å². The van der Waals surface area contributed by atoms with Crippen LogP contribution in [0.4, 0.5) is 0 Å². The predicted molar refractivity (Wildman–Crippen MR) is 87.6 cm³/mol. The Morgan fingerprint density at radius 2 is 1.86 bits per heavy atom. The zero-order valence-electron chi connectivity index (χ0n) is 14.7. The van der Waals surface area contributed by atoms with E-state index in [2.05, 4.69) is 31.4 Å². The highest BCUT2D eigenvalue weighted by Gasteiger charge is 2.60. The van der Waals surface area contributed by atoms with Gasteiger partial charge in [-0.15, -0.1) is 0 Å². The van der Waals surface area contributed by atoms with Crippen molar-refractivity contribution in [2.24, 2.45) is 17.3 Å². The van der Waals surface area contributed by atoms with Crippen LogP contribution in [0.15, 0.2) is 0 Å². The van der Waals surface area contributed by atoms with Crippen molar-refractivity contribution >= 4 is 5.91 Å². The molecule has 0 radical (unpaired) electrons. The summed E-state index contributed by atoms with van der Waals surface area (Å²) in [6, 6.07) is 0. The normalized spacial score (nSPS) is 36.9. The van der Waals surface area contributed by atoms with E-state index in [0.29, 0.717) is 12.5 Å². The van der Waals surface area contributed by atoms with Crippen molar-refractivity contribution in [1.82, 2.24) is 5.32 Å². The Kier molecular flexibility index (Phi) is 4.52. The van der Waals surface area contributed by atoms with Gasteiger partial charge >= 0.3 is 0 Å². The van der Waals surface area contributed by atoms with Gasteiger partial charge in [0.1, 0.15) is 13.1 Å². The van der Waals surface area contributed by atoms with Crippen molar-refractivity contribution in [3.63, 3.8) is 0 Å². The number of nitrogens with one attached hydrogen (secondary N) is 2. The summed E-state index contributed by atoms with van der Waals surface area (Å²) in [7, 11) is 0. The van der Waals surface area contributed by atoms with Gasteiger partial charge in [-0.3, -0.25) is 4.79 Å². The van der Waals surface area contributed by atoms with Gasteiger partial charge in [0.15, 0.2) is 6.54 Å². The molecule has 3 aliphatic rings. The number of rotatable bonds is 6. The summed E-state index contributed by atoms with van der Waals surface area (Å²) in [6.07, 6.45) is 6.73. The highest BCUT2D eigenvalue weighted by atomic mass is 16.2. The molecule has 1 heterocycles. The van der Waals surface area contributed by atoms with Crippen LogP contribution in [0.2, 0.25) is 0 Å². The van der Waals surface area contributed by atoms with Gasteiger partial charge in [0.2, 0.25) is 0 Å². The maximum Gasteiger partial charge on any atom is 0.275 e. The van der Waals surface area contributed by atoms with Crippen LogP contribution >= 0.6 is 0 Å². The zero-order valence-corrected chi connectivity index (χ0v) is 14.7. The van der Waals surface area contributed by atoms with E-state index >= 15 is 0 Å². The Morgan fingerprint density at radius 1 is 1.18 bits per heavy atom. The van der Waals surface area contributed by atoms with Crippen LogP contribution in [0.3, 0.4) is 0 Å². The van der Waals surface area contributed by atoms with Crippen molar-refractivity contribution in [3.05, 3.63) is 0 Å². The summed E-state index contributed by atoms with van der Waals surface area (Å²) >= 11 is 0. The van der Waals surface area contributed by atoms with E-state index in [1.807, 2.05) is 0 Å². The number of hydrogen-bond donors (Lipinski definition) is 3. The molecule has 4 N–H and O–H groups in total. The third-order valence-corrected chi connectivity index (χ3v) is 7.35. The van der Waals surface area contributed by atoms with Crippen molar-refractivity contribution in [2.45, 2.75) is 58.4 Å². The van der Waals surface area contributed by atoms with E-state index in [1.165, 1.54) is 51.7 Å². The summed E-state index contributed by atoms with van der Waals surface area (Å²) in [5, 5.41) is 5.63. The Morgan fingerprint density at radius 3 is 2.50 bits per heavy atom. The highest BCUT2D eigenvalue weighted by Crippen LogP contribution is 2.61. The van der Waals surface area contributed by atoms with Gasteiger partial charge in [-0.05, 0) is 43.4 Å². The van der Waals surface area contributed by atoms with Gasteiger partial charge in [-0.1, -0.05) is 13.8 Å². The molecule has 3 atom stereocenters. The molecule has 4 heteroatoms. The number of hydrogen-bond acceptors (Lipinski definition) is 1. The minimum absolute atomic E-state index is 0.00103. The SMILES string of the molecule is CC1(C)[C@H]2CC[C@@H](C2)[C@@]1(C)NC(=O)C[NH2+]CC[NH+]1CCCC1. The van der Waals surface area contributed by atoms with Gasteiger partial charge < -0.3 is 15.5 Å². The molecule has 0 spiro atoms. The van der Waals surface area contributed by atoms with Crippen LogP contribution in [-0.4, -0.2) is 44.2 Å². The predicted octanol–water partition coefficient (Wildman–Crippen LogP) is -0.440. The fourth-order valence-electron chi connectivity index (χ4n) is 5.38. The lowest BCUT2D eigenvalue weighted by molar-refractivity contribution is -0.900. The number of fused-ring (bicyclic) bond motifs is 2. The number of amides is 1. The second kappa shape index (κ2) is 6.12. The Labute approximate surface area is 135 Å². The smallest absolute Gasteiger partial charge is 0.275 e. The Bertz CT molecular complexity index is 417. The summed E-state index contributed by atoms with van der Waals surface area (Å²) in [5.74, 6) is 1.72. The third-order valence-electron chi connectivity index (χ3n) is 7.35. The molecule has 4 nitrogen and oxygen atoms in total. The van der Waals surface area contributed by atoms with Gasteiger partial charge in [0, 0.05) is 18.4 Å². The molecule has 2 aliphatic carbocycles. The maximum absolute atomic E-state index is 12.4. The number of nitrogens with two attached hydrogens (primary N) is 1. The number of quaternary nitrogens is 2. The van der Waals surface area contributed by atoms with Gasteiger partial charge in [0.25, 0.3) is 5.91 Å². The Balaban J connectivity index is 1.43. The maximum atomic E-state index is 12.4. The number of carbonyl (C=O) groups excluding carboxylic acids is 1. The first-order chi connectivity index (χ1) is 10.4. The monoisotopic (exact) mass is 309 g/mol. The van der Waals surface area contributed by atoms with Crippen molar-refractivity contribution in [2.75, 3.05) is 32.7 Å². The van der Waals surface area contributed by atoms with Crippen LogP contribution < -0.4 is 15.5 Å². The van der Waals surface area contributed by atoms with E-state index in [4.69, 9.17) is 0 Å². The molecule has 126 valence electrons. The molecule has 0 aromatic carbocycles. The van der Waals surface area contributed by atoms with E-state index in [-0.39, 0.29) is 16.9 Å². The standard InChI is InChI=1S/C18H33N3O/c1-17(2)14-6-7-15(12-14)18(17,3)20-16(22)13-19-8-11-21-9-4-5-10-21/h14-15,19H,4-13H2,1-3H3,(H,20,22)/p+2/t14-,15-,18+/m0/s1. The fraction of sp³-hybridized carbons (Fsp3) is 0.944. The average molecular weight is 309 g/mol. The van der Waals surface area contributed by atoms with E-state index in [0.717, 1.165) is 12.5 Å². The summed E-state index contributed by atoms with van der Waals surface area (Å²) < 4.78 is 0. The fourth-order valence-corrected chi connectivity index (χ4v) is 5.38. The van der Waals surface area contributed by atoms with Crippen LogP contribution in [0, 0.1) is 17.3 Å². The minimum Gasteiger partial charge on any atom is -0.345 e. The zero-order chi connectivity index (χ0) is 15.8. The quantitative estimate of drug-likeness (QED) is 0.573. The molecule has 0 aromatic rings. The van der Waals surface area contributed by atoms with Crippen molar-refractivity contribution in [1.29, 1.82) is 0 Å². The minimum atomic E-state index is 0.00103. The molecule has 1 saturated heterocycles. The molecular weight excluding hydrogens is 274 g/mol. The molecule has 2 bridgehead atoms. The lowest BCUT2D eigenvalue weighted by Gasteiger charge is -2.48. The van der Waals surface area contributed by atoms with Crippen LogP contribution in [0.1, 0.15) is 52.9 Å². The van der Waals surface area contributed by atoms with Gasteiger partial charge in [0.05, 0.1) is 13.1 Å². The number of likely N-dealkylation sites (tertiary alicyclic amines) is 1. The Hall–Kier alpha value is -0.610. The van der Waals surface area contributed by atoms with E-state index < -0.39 is 0 Å². The lowest BCUT2D eigenvalue weighted by atomic mass is 9.64. The first-order valence-electron chi connectivity index (χ1n) is 9.40. The van der Waals surface area contributed by atoms with Crippen molar-refractivity contribution < 1.29 is 15.0 Å². The number of carbonyl (C=O) groups is 1. The topological polar surface area (TPSA) is 50.1 Å². The second-order valence-corrected chi connectivity index (χ2v) is 8.67. The summed E-state index contributed by atoms with van der Waals surface area (Å²) in [5.41, 5.74) is 0.242. The average Bonchev–Trinajstić information content (AvgIpc) is 3.16. The molecule has 2 saturated carbocycles. The summed E-state index contributed by atoms with van der Waals surface area (Å²) in [6.45, 7) is 12.6.